The van der Waals surface area contributed by atoms with E-state index in [2.05, 4.69) is 4.72 Å². The number of nitrogens with one attached hydrogen (secondary N) is 1. The molecule has 5 nitrogen and oxygen atoms in total. The summed E-state index contributed by atoms with van der Waals surface area (Å²) in [5.41, 5.74) is 0. The fraction of sp³-hybridized carbons (Fsp3) is 0.889. The number of rotatable bonds is 5. The van der Waals surface area contributed by atoms with Gasteiger partial charge in [0.1, 0.15) is 6.29 Å². The summed E-state index contributed by atoms with van der Waals surface area (Å²) in [4.78, 5) is 10.5. The molecule has 0 radical (unpaired) electrons. The maximum Gasteiger partial charge on any atom is 0.279 e. The molecule has 0 saturated carbocycles. The van der Waals surface area contributed by atoms with Crippen LogP contribution in [-0.2, 0) is 15.0 Å². The Balaban J connectivity index is 2.48. The highest BCUT2D eigenvalue weighted by molar-refractivity contribution is 7.87. The van der Waals surface area contributed by atoms with Gasteiger partial charge in [0.05, 0.1) is 0 Å². The van der Waals surface area contributed by atoms with Crippen LogP contribution in [0.3, 0.4) is 0 Å². The zero-order valence-electron chi connectivity index (χ0n) is 8.98. The van der Waals surface area contributed by atoms with Crippen LogP contribution in [0.2, 0.25) is 0 Å². The van der Waals surface area contributed by atoms with Crippen molar-refractivity contribution in [2.45, 2.75) is 26.2 Å². The highest BCUT2D eigenvalue weighted by atomic mass is 32.2. The van der Waals surface area contributed by atoms with Gasteiger partial charge in [-0.2, -0.15) is 12.7 Å². The molecule has 6 heteroatoms. The van der Waals surface area contributed by atoms with Crippen LogP contribution in [0.5, 0.6) is 0 Å². The van der Waals surface area contributed by atoms with E-state index in [-0.39, 0.29) is 5.92 Å². The van der Waals surface area contributed by atoms with Crippen molar-refractivity contribution in [2.75, 3.05) is 19.6 Å². The van der Waals surface area contributed by atoms with Crippen molar-refractivity contribution < 1.29 is 13.2 Å². The molecule has 88 valence electrons. The van der Waals surface area contributed by atoms with E-state index in [1.165, 1.54) is 4.31 Å². The third-order valence-corrected chi connectivity index (χ3v) is 4.18. The summed E-state index contributed by atoms with van der Waals surface area (Å²) in [5.74, 6) is 0.0302. The summed E-state index contributed by atoms with van der Waals surface area (Å²) in [6, 6.07) is 0. The fourth-order valence-corrected chi connectivity index (χ4v) is 2.91. The molecule has 1 fully saturated rings. The molecule has 1 aliphatic rings. The minimum atomic E-state index is -3.31. The lowest BCUT2D eigenvalue weighted by molar-refractivity contribution is -0.112. The van der Waals surface area contributed by atoms with Gasteiger partial charge >= 0.3 is 0 Å². The van der Waals surface area contributed by atoms with Gasteiger partial charge < -0.3 is 4.79 Å². The number of carbonyl (C=O) groups excluding carboxylic acids is 1. The van der Waals surface area contributed by atoms with Gasteiger partial charge in [-0.1, -0.05) is 6.92 Å². The molecular weight excluding hydrogens is 216 g/mol. The molecule has 0 atom stereocenters. The van der Waals surface area contributed by atoms with Gasteiger partial charge in [0, 0.05) is 25.6 Å². The van der Waals surface area contributed by atoms with E-state index in [0.29, 0.717) is 32.5 Å². The molecule has 0 aromatic heterocycles. The molecule has 0 aromatic carbocycles. The van der Waals surface area contributed by atoms with Crippen LogP contribution in [0.1, 0.15) is 26.2 Å². The van der Waals surface area contributed by atoms with Crippen molar-refractivity contribution in [2.24, 2.45) is 5.92 Å². The van der Waals surface area contributed by atoms with E-state index >= 15 is 0 Å². The first-order chi connectivity index (χ1) is 7.10. The van der Waals surface area contributed by atoms with Gasteiger partial charge in [0.25, 0.3) is 10.2 Å². The topological polar surface area (TPSA) is 66.5 Å². The number of nitrogens with zero attached hydrogens (tertiary/aromatic N) is 1. The van der Waals surface area contributed by atoms with Crippen molar-refractivity contribution >= 4 is 16.5 Å². The number of carbonyl (C=O) groups is 1. The first-order valence-electron chi connectivity index (χ1n) is 5.30. The Morgan fingerprint density at radius 1 is 1.40 bits per heavy atom. The number of hydrogen-bond acceptors (Lipinski definition) is 3. The normalized spacial score (nSPS) is 20.3. The smallest absolute Gasteiger partial charge is 0.279 e. The molecular formula is C9H18N2O3S. The average molecular weight is 234 g/mol. The monoisotopic (exact) mass is 234 g/mol. The Morgan fingerprint density at radius 2 is 2.00 bits per heavy atom. The molecule has 1 rings (SSSR count). The molecule has 1 saturated heterocycles. The summed E-state index contributed by atoms with van der Waals surface area (Å²) in [6.07, 6.45) is 2.97. The Morgan fingerprint density at radius 3 is 2.47 bits per heavy atom. The third kappa shape index (κ3) is 3.55. The molecule has 0 spiro atoms. The number of aldehydes is 1. The van der Waals surface area contributed by atoms with Crippen LogP contribution in [0, 0.1) is 5.92 Å². The highest BCUT2D eigenvalue weighted by Gasteiger charge is 2.26. The van der Waals surface area contributed by atoms with Crippen LogP contribution < -0.4 is 4.72 Å². The van der Waals surface area contributed by atoms with Gasteiger partial charge in [-0.25, -0.2) is 4.72 Å². The highest BCUT2D eigenvalue weighted by Crippen LogP contribution is 2.16. The second-order valence-corrected chi connectivity index (χ2v) is 5.53. The Hall–Kier alpha value is -0.460. The van der Waals surface area contributed by atoms with E-state index in [1.807, 2.05) is 6.92 Å². The van der Waals surface area contributed by atoms with Gasteiger partial charge in [-0.05, 0) is 19.3 Å². The second kappa shape index (κ2) is 5.58. The van der Waals surface area contributed by atoms with E-state index in [0.717, 1.165) is 12.7 Å². The van der Waals surface area contributed by atoms with Gasteiger partial charge in [0.15, 0.2) is 0 Å². The largest absolute Gasteiger partial charge is 0.303 e. The van der Waals surface area contributed by atoms with Gasteiger partial charge in [-0.3, -0.25) is 0 Å². The molecule has 1 aliphatic heterocycles. The summed E-state index contributed by atoms with van der Waals surface area (Å²) < 4.78 is 27.3. The van der Waals surface area contributed by atoms with Gasteiger partial charge in [0.2, 0.25) is 0 Å². The Labute approximate surface area is 91.0 Å². The lowest BCUT2D eigenvalue weighted by Crippen LogP contribution is -2.45. The molecule has 1 N–H and O–H groups in total. The quantitative estimate of drug-likeness (QED) is 0.688. The molecule has 1 heterocycles. The van der Waals surface area contributed by atoms with Crippen LogP contribution >= 0.6 is 0 Å². The predicted octanol–water partition coefficient (Wildman–Crippen LogP) is 0.142. The van der Waals surface area contributed by atoms with Crippen LogP contribution in [0.4, 0.5) is 0 Å². The first-order valence-corrected chi connectivity index (χ1v) is 6.74. The number of hydrogen-bond donors (Lipinski definition) is 1. The van der Waals surface area contributed by atoms with Crippen molar-refractivity contribution in [1.29, 1.82) is 0 Å². The van der Waals surface area contributed by atoms with Crippen molar-refractivity contribution in [3.05, 3.63) is 0 Å². The molecule has 0 aliphatic carbocycles. The summed E-state index contributed by atoms with van der Waals surface area (Å²) in [7, 11) is -3.31. The summed E-state index contributed by atoms with van der Waals surface area (Å²) >= 11 is 0. The third-order valence-electron chi connectivity index (χ3n) is 2.57. The fourth-order valence-electron chi connectivity index (χ4n) is 1.57. The van der Waals surface area contributed by atoms with Crippen molar-refractivity contribution in [1.82, 2.24) is 9.03 Å². The molecule has 15 heavy (non-hydrogen) atoms. The zero-order valence-corrected chi connectivity index (χ0v) is 9.79. The standard InChI is InChI=1S/C9H18N2O3S/c1-2-5-10-15(13,14)11-6-3-9(8-12)4-7-11/h8-10H,2-7H2,1H3. The van der Waals surface area contributed by atoms with Crippen LogP contribution in [-0.4, -0.2) is 38.6 Å². The Bertz CT molecular complexity index is 294. The van der Waals surface area contributed by atoms with E-state index in [9.17, 15) is 13.2 Å². The van der Waals surface area contributed by atoms with E-state index in [4.69, 9.17) is 0 Å². The molecule has 0 unspecified atom stereocenters. The predicted molar refractivity (Wildman–Crippen MR) is 57.6 cm³/mol. The summed E-state index contributed by atoms with van der Waals surface area (Å²) in [5, 5.41) is 0. The lowest BCUT2D eigenvalue weighted by Gasteiger charge is -2.28. The average Bonchev–Trinajstić information content (AvgIpc) is 2.26. The molecule has 0 bridgehead atoms. The summed E-state index contributed by atoms with van der Waals surface area (Å²) in [6.45, 7) is 3.28. The van der Waals surface area contributed by atoms with E-state index in [1.54, 1.807) is 0 Å². The lowest BCUT2D eigenvalue weighted by atomic mass is 10.0. The zero-order chi connectivity index (χ0) is 11.3. The number of piperidine rings is 1. The van der Waals surface area contributed by atoms with Crippen molar-refractivity contribution in [3.8, 4) is 0 Å². The SMILES string of the molecule is CCCNS(=O)(=O)N1CCC(C=O)CC1. The van der Waals surface area contributed by atoms with Gasteiger partial charge in [-0.15, -0.1) is 0 Å². The van der Waals surface area contributed by atoms with Crippen LogP contribution in [0.15, 0.2) is 0 Å². The maximum atomic E-state index is 11.7. The molecule has 0 aromatic rings. The Kier molecular flexibility index (Phi) is 4.69. The van der Waals surface area contributed by atoms with Crippen LogP contribution in [0.25, 0.3) is 0 Å². The first kappa shape index (κ1) is 12.6. The van der Waals surface area contributed by atoms with Crippen molar-refractivity contribution in [3.63, 3.8) is 0 Å². The maximum absolute atomic E-state index is 11.7. The minimum absolute atomic E-state index is 0.0302. The molecule has 0 amide bonds. The second-order valence-electron chi connectivity index (χ2n) is 3.77. The van der Waals surface area contributed by atoms with E-state index < -0.39 is 10.2 Å². The minimum Gasteiger partial charge on any atom is -0.303 e.